The zero-order chi connectivity index (χ0) is 11.8. The standard InChI is InChI=1S/C11H12ClN3O/c1-2-7-13-11(16)8-14-15-10-5-3-9(12)4-6-10/h2-6,8,15H,1,7H2,(H,13,16). The molecule has 0 radical (unpaired) electrons. The van der Waals surface area contributed by atoms with Crippen molar-refractivity contribution in [2.75, 3.05) is 12.0 Å². The number of rotatable bonds is 5. The van der Waals surface area contributed by atoms with E-state index in [9.17, 15) is 4.79 Å². The Bertz CT molecular complexity index is 387. The number of carbonyl (C=O) groups excluding carboxylic acids is 1. The highest BCUT2D eigenvalue weighted by Crippen LogP contribution is 2.12. The van der Waals surface area contributed by atoms with Crippen molar-refractivity contribution in [3.05, 3.63) is 41.9 Å². The summed E-state index contributed by atoms with van der Waals surface area (Å²) in [6.45, 7) is 3.90. The minimum absolute atomic E-state index is 0.277. The van der Waals surface area contributed by atoms with Gasteiger partial charge in [0.15, 0.2) is 0 Å². The second-order valence-corrected chi connectivity index (χ2v) is 3.35. The molecule has 0 bridgehead atoms. The maximum absolute atomic E-state index is 11.1. The summed E-state index contributed by atoms with van der Waals surface area (Å²) in [6, 6.07) is 7.00. The van der Waals surface area contributed by atoms with E-state index >= 15 is 0 Å². The lowest BCUT2D eigenvalue weighted by molar-refractivity contribution is -0.114. The molecule has 0 aromatic heterocycles. The highest BCUT2D eigenvalue weighted by Gasteiger charge is 1.92. The molecule has 0 fully saturated rings. The van der Waals surface area contributed by atoms with Crippen LogP contribution in [0.3, 0.4) is 0 Å². The largest absolute Gasteiger partial charge is 0.348 e. The molecule has 0 aliphatic rings. The Hall–Kier alpha value is -1.81. The molecule has 0 aliphatic carbocycles. The van der Waals surface area contributed by atoms with E-state index in [2.05, 4.69) is 22.4 Å². The number of carbonyl (C=O) groups is 1. The van der Waals surface area contributed by atoms with Gasteiger partial charge in [0.1, 0.15) is 6.21 Å². The van der Waals surface area contributed by atoms with Crippen LogP contribution in [0.2, 0.25) is 5.02 Å². The smallest absolute Gasteiger partial charge is 0.264 e. The first-order chi connectivity index (χ1) is 7.72. The molecule has 4 nitrogen and oxygen atoms in total. The average Bonchev–Trinajstić information content (AvgIpc) is 2.29. The Morgan fingerprint density at radius 2 is 2.12 bits per heavy atom. The second-order valence-electron chi connectivity index (χ2n) is 2.91. The molecule has 1 amide bonds. The quantitative estimate of drug-likeness (QED) is 0.468. The van der Waals surface area contributed by atoms with Crippen LogP contribution in [0.5, 0.6) is 0 Å². The third-order valence-electron chi connectivity index (χ3n) is 1.64. The first kappa shape index (κ1) is 12.3. The lowest BCUT2D eigenvalue weighted by Gasteiger charge is -1.99. The molecule has 0 unspecified atom stereocenters. The Labute approximate surface area is 99.0 Å². The lowest BCUT2D eigenvalue weighted by Crippen LogP contribution is -2.24. The van der Waals surface area contributed by atoms with Gasteiger partial charge in [-0.3, -0.25) is 10.2 Å². The molecular weight excluding hydrogens is 226 g/mol. The molecule has 84 valence electrons. The van der Waals surface area contributed by atoms with Gasteiger partial charge < -0.3 is 5.32 Å². The average molecular weight is 238 g/mol. The SMILES string of the molecule is C=CCNC(=O)C=NNc1ccc(Cl)cc1. The van der Waals surface area contributed by atoms with Crippen LogP contribution in [0, 0.1) is 0 Å². The predicted molar refractivity (Wildman–Crippen MR) is 66.8 cm³/mol. The molecule has 0 atom stereocenters. The minimum atomic E-state index is -0.277. The van der Waals surface area contributed by atoms with Crippen LogP contribution >= 0.6 is 11.6 Å². The highest BCUT2D eigenvalue weighted by molar-refractivity contribution is 6.30. The topological polar surface area (TPSA) is 53.5 Å². The van der Waals surface area contributed by atoms with E-state index in [0.29, 0.717) is 11.6 Å². The summed E-state index contributed by atoms with van der Waals surface area (Å²) in [5.74, 6) is -0.277. The monoisotopic (exact) mass is 237 g/mol. The van der Waals surface area contributed by atoms with Gasteiger partial charge in [-0.2, -0.15) is 5.10 Å². The van der Waals surface area contributed by atoms with Gasteiger partial charge >= 0.3 is 0 Å². The number of halogens is 1. The van der Waals surface area contributed by atoms with E-state index in [1.165, 1.54) is 0 Å². The molecule has 1 aromatic carbocycles. The van der Waals surface area contributed by atoms with Crippen molar-refractivity contribution >= 4 is 29.4 Å². The van der Waals surface area contributed by atoms with Crippen molar-refractivity contribution in [3.63, 3.8) is 0 Å². The molecule has 5 heteroatoms. The Morgan fingerprint density at radius 1 is 1.44 bits per heavy atom. The van der Waals surface area contributed by atoms with Crippen LogP contribution in [0.1, 0.15) is 0 Å². The molecule has 0 spiro atoms. The summed E-state index contributed by atoms with van der Waals surface area (Å²) < 4.78 is 0. The highest BCUT2D eigenvalue weighted by atomic mass is 35.5. The zero-order valence-corrected chi connectivity index (χ0v) is 9.37. The Morgan fingerprint density at radius 3 is 2.75 bits per heavy atom. The molecule has 16 heavy (non-hydrogen) atoms. The number of nitrogens with zero attached hydrogens (tertiary/aromatic N) is 1. The summed E-state index contributed by atoms with van der Waals surface area (Å²) in [4.78, 5) is 11.1. The van der Waals surface area contributed by atoms with Gasteiger partial charge in [0, 0.05) is 11.6 Å². The van der Waals surface area contributed by atoms with Crippen molar-refractivity contribution in [3.8, 4) is 0 Å². The summed E-state index contributed by atoms with van der Waals surface area (Å²) >= 11 is 5.71. The maximum atomic E-state index is 11.1. The van der Waals surface area contributed by atoms with E-state index in [4.69, 9.17) is 11.6 Å². The van der Waals surface area contributed by atoms with Gasteiger partial charge in [0.2, 0.25) is 0 Å². The van der Waals surface area contributed by atoms with Crippen LogP contribution < -0.4 is 10.7 Å². The lowest BCUT2D eigenvalue weighted by atomic mass is 10.3. The molecule has 0 saturated carbocycles. The molecule has 0 saturated heterocycles. The van der Waals surface area contributed by atoms with Crippen LogP contribution in [0.15, 0.2) is 42.0 Å². The van der Waals surface area contributed by atoms with Crippen molar-refractivity contribution in [2.45, 2.75) is 0 Å². The van der Waals surface area contributed by atoms with Crippen LogP contribution in [-0.2, 0) is 4.79 Å². The van der Waals surface area contributed by atoms with E-state index in [1.54, 1.807) is 30.3 Å². The summed E-state index contributed by atoms with van der Waals surface area (Å²) in [6.07, 6.45) is 2.76. The van der Waals surface area contributed by atoms with Crippen molar-refractivity contribution in [1.29, 1.82) is 0 Å². The number of anilines is 1. The number of nitrogens with one attached hydrogen (secondary N) is 2. The van der Waals surface area contributed by atoms with Crippen LogP contribution in [0.4, 0.5) is 5.69 Å². The summed E-state index contributed by atoms with van der Waals surface area (Å²) in [7, 11) is 0. The first-order valence-corrected chi connectivity index (χ1v) is 5.03. The second kappa shape index (κ2) is 6.63. The van der Waals surface area contributed by atoms with E-state index in [1.807, 2.05) is 0 Å². The zero-order valence-electron chi connectivity index (χ0n) is 8.61. The summed E-state index contributed by atoms with van der Waals surface area (Å²) in [5.41, 5.74) is 3.46. The molecule has 1 rings (SSSR count). The normalized spacial score (nSPS) is 10.1. The fraction of sp³-hybridized carbons (Fsp3) is 0.0909. The van der Waals surface area contributed by atoms with Gasteiger partial charge in [-0.1, -0.05) is 17.7 Å². The fourth-order valence-electron chi connectivity index (χ4n) is 0.908. The van der Waals surface area contributed by atoms with Gasteiger partial charge in [-0.25, -0.2) is 0 Å². The number of hydrazone groups is 1. The Balaban J connectivity index is 2.39. The number of hydrogen-bond acceptors (Lipinski definition) is 3. The van der Waals surface area contributed by atoms with E-state index in [-0.39, 0.29) is 5.91 Å². The predicted octanol–water partition coefficient (Wildman–Crippen LogP) is 2.04. The van der Waals surface area contributed by atoms with Gasteiger partial charge in [0.05, 0.1) is 5.69 Å². The van der Waals surface area contributed by atoms with Crippen molar-refractivity contribution in [2.24, 2.45) is 5.10 Å². The molecule has 0 aliphatic heterocycles. The minimum Gasteiger partial charge on any atom is -0.348 e. The van der Waals surface area contributed by atoms with Crippen molar-refractivity contribution in [1.82, 2.24) is 5.32 Å². The molecule has 2 N–H and O–H groups in total. The first-order valence-electron chi connectivity index (χ1n) is 4.66. The number of hydrogen-bond donors (Lipinski definition) is 2. The fourth-order valence-corrected chi connectivity index (χ4v) is 1.03. The maximum Gasteiger partial charge on any atom is 0.264 e. The van der Waals surface area contributed by atoms with Crippen LogP contribution in [-0.4, -0.2) is 18.7 Å². The van der Waals surface area contributed by atoms with Gasteiger partial charge in [0.25, 0.3) is 5.91 Å². The van der Waals surface area contributed by atoms with E-state index < -0.39 is 0 Å². The third kappa shape index (κ3) is 4.61. The van der Waals surface area contributed by atoms with Crippen LogP contribution in [0.25, 0.3) is 0 Å². The van der Waals surface area contributed by atoms with Gasteiger partial charge in [-0.05, 0) is 24.3 Å². The molecule has 0 heterocycles. The molecule has 1 aromatic rings. The third-order valence-corrected chi connectivity index (χ3v) is 1.89. The van der Waals surface area contributed by atoms with Gasteiger partial charge in [-0.15, -0.1) is 6.58 Å². The molecular formula is C11H12ClN3O. The number of amides is 1. The van der Waals surface area contributed by atoms with Crippen molar-refractivity contribution < 1.29 is 4.79 Å². The number of benzene rings is 1. The Kier molecular flexibility index (Phi) is 5.08. The van der Waals surface area contributed by atoms with E-state index in [0.717, 1.165) is 11.9 Å². The summed E-state index contributed by atoms with van der Waals surface area (Å²) in [5, 5.41) is 6.97.